The Morgan fingerprint density at radius 1 is 1.28 bits per heavy atom. The number of nitrogens with zero attached hydrogens (tertiary/aromatic N) is 2. The SMILES string of the molecule is Cc1cn(-c2ccc(C)c3c2[Si](C)(C)OC3)cn1. The summed E-state index contributed by atoms with van der Waals surface area (Å²) in [5, 5.41) is 1.43. The first-order valence-corrected chi connectivity index (χ1v) is 9.18. The molecule has 94 valence electrons. The van der Waals surface area contributed by atoms with E-state index < -0.39 is 8.32 Å². The molecule has 0 unspecified atom stereocenters. The van der Waals surface area contributed by atoms with Gasteiger partial charge in [-0.3, -0.25) is 0 Å². The van der Waals surface area contributed by atoms with Crippen molar-refractivity contribution in [2.75, 3.05) is 0 Å². The smallest absolute Gasteiger partial charge is 0.221 e. The molecule has 0 fully saturated rings. The van der Waals surface area contributed by atoms with Gasteiger partial charge in [0.05, 0.1) is 18.6 Å². The summed E-state index contributed by atoms with van der Waals surface area (Å²) in [5.74, 6) is 0. The largest absolute Gasteiger partial charge is 0.409 e. The maximum atomic E-state index is 6.07. The monoisotopic (exact) mass is 258 g/mol. The maximum Gasteiger partial charge on any atom is 0.221 e. The Balaban J connectivity index is 2.26. The normalized spacial score (nSPS) is 16.9. The van der Waals surface area contributed by atoms with Gasteiger partial charge in [-0.05, 0) is 49.3 Å². The number of hydrogen-bond acceptors (Lipinski definition) is 2. The third-order valence-corrected chi connectivity index (χ3v) is 6.32. The van der Waals surface area contributed by atoms with Gasteiger partial charge < -0.3 is 8.99 Å². The van der Waals surface area contributed by atoms with Crippen molar-refractivity contribution in [3.05, 3.63) is 41.5 Å². The molecule has 0 radical (unpaired) electrons. The van der Waals surface area contributed by atoms with Crippen molar-refractivity contribution < 1.29 is 4.43 Å². The summed E-state index contributed by atoms with van der Waals surface area (Å²) in [7, 11) is -1.76. The molecular weight excluding hydrogens is 240 g/mol. The lowest BCUT2D eigenvalue weighted by molar-refractivity contribution is 0.319. The summed E-state index contributed by atoms with van der Waals surface area (Å²) in [5.41, 5.74) is 5.01. The van der Waals surface area contributed by atoms with E-state index in [1.54, 1.807) is 0 Å². The lowest BCUT2D eigenvalue weighted by Crippen LogP contribution is -2.42. The van der Waals surface area contributed by atoms with Gasteiger partial charge in [0.1, 0.15) is 0 Å². The van der Waals surface area contributed by atoms with Crippen LogP contribution in [0.2, 0.25) is 13.1 Å². The quantitative estimate of drug-likeness (QED) is 0.735. The third kappa shape index (κ3) is 1.64. The van der Waals surface area contributed by atoms with E-state index in [0.717, 1.165) is 12.3 Å². The van der Waals surface area contributed by atoms with Gasteiger partial charge >= 0.3 is 0 Å². The van der Waals surface area contributed by atoms with E-state index in [0.29, 0.717) is 0 Å². The van der Waals surface area contributed by atoms with Gasteiger partial charge in [-0.15, -0.1) is 0 Å². The molecule has 1 aromatic carbocycles. The lowest BCUT2D eigenvalue weighted by atomic mass is 10.1. The Labute approximate surface area is 109 Å². The Hall–Kier alpha value is -1.39. The molecule has 1 aliphatic heterocycles. The molecule has 0 saturated heterocycles. The average Bonchev–Trinajstić information content (AvgIpc) is 2.85. The Morgan fingerprint density at radius 2 is 2.06 bits per heavy atom. The van der Waals surface area contributed by atoms with Gasteiger partial charge in [0.25, 0.3) is 0 Å². The lowest BCUT2D eigenvalue weighted by Gasteiger charge is -2.19. The van der Waals surface area contributed by atoms with Crippen LogP contribution in [0.5, 0.6) is 0 Å². The first-order valence-electron chi connectivity index (χ1n) is 6.27. The zero-order valence-corrected chi connectivity index (χ0v) is 12.3. The second-order valence-corrected chi connectivity index (χ2v) is 9.29. The standard InChI is InChI=1S/C14H18N2OSi/c1-10-5-6-13(16-7-11(2)15-9-16)14-12(10)8-17-18(14,3)4/h5-7,9H,8H2,1-4H3. The number of rotatable bonds is 1. The number of imidazole rings is 1. The Kier molecular flexibility index (Phi) is 2.47. The number of hydrogen-bond donors (Lipinski definition) is 0. The van der Waals surface area contributed by atoms with E-state index in [1.165, 1.54) is 22.0 Å². The number of aromatic nitrogens is 2. The topological polar surface area (TPSA) is 27.1 Å². The van der Waals surface area contributed by atoms with Gasteiger partial charge in [0.2, 0.25) is 8.32 Å². The molecule has 4 heteroatoms. The highest BCUT2D eigenvalue weighted by atomic mass is 28.4. The van der Waals surface area contributed by atoms with Crippen LogP contribution in [0.25, 0.3) is 5.69 Å². The van der Waals surface area contributed by atoms with E-state index in [9.17, 15) is 0 Å². The second-order valence-electron chi connectivity index (χ2n) is 5.48. The fourth-order valence-electron chi connectivity index (χ4n) is 2.69. The molecule has 18 heavy (non-hydrogen) atoms. The summed E-state index contributed by atoms with van der Waals surface area (Å²) >= 11 is 0. The van der Waals surface area contributed by atoms with Crippen LogP contribution in [0.3, 0.4) is 0 Å². The van der Waals surface area contributed by atoms with Crippen LogP contribution >= 0.6 is 0 Å². The molecule has 1 aromatic heterocycles. The predicted molar refractivity (Wildman–Crippen MR) is 74.9 cm³/mol. The molecule has 0 saturated carbocycles. The first-order chi connectivity index (χ1) is 8.49. The highest BCUT2D eigenvalue weighted by Crippen LogP contribution is 2.26. The van der Waals surface area contributed by atoms with Crippen LogP contribution in [-0.4, -0.2) is 17.9 Å². The van der Waals surface area contributed by atoms with Crippen molar-refractivity contribution in [3.8, 4) is 5.69 Å². The fourth-order valence-corrected chi connectivity index (χ4v) is 5.17. The highest BCUT2D eigenvalue weighted by molar-refractivity contribution is 6.86. The van der Waals surface area contributed by atoms with Crippen LogP contribution in [0.4, 0.5) is 0 Å². The van der Waals surface area contributed by atoms with Gasteiger partial charge in [-0.25, -0.2) is 4.98 Å². The van der Waals surface area contributed by atoms with Crippen molar-refractivity contribution in [2.24, 2.45) is 0 Å². The van der Waals surface area contributed by atoms with Crippen molar-refractivity contribution in [1.29, 1.82) is 0 Å². The number of fused-ring (bicyclic) bond motifs is 1. The molecular formula is C14H18N2OSi. The van der Waals surface area contributed by atoms with Crippen LogP contribution < -0.4 is 5.19 Å². The van der Waals surface area contributed by atoms with Crippen molar-refractivity contribution in [3.63, 3.8) is 0 Å². The molecule has 2 heterocycles. The third-order valence-electron chi connectivity index (χ3n) is 3.69. The van der Waals surface area contributed by atoms with E-state index in [2.05, 4.69) is 47.9 Å². The predicted octanol–water partition coefficient (Wildman–Crippen LogP) is 2.43. The first kappa shape index (κ1) is 11.7. The summed E-state index contributed by atoms with van der Waals surface area (Å²) in [4.78, 5) is 4.33. The maximum absolute atomic E-state index is 6.07. The van der Waals surface area contributed by atoms with Crippen molar-refractivity contribution >= 4 is 13.5 Å². The zero-order chi connectivity index (χ0) is 12.9. The molecule has 3 nitrogen and oxygen atoms in total. The molecule has 0 atom stereocenters. The molecule has 3 rings (SSSR count). The fraction of sp³-hybridized carbons (Fsp3) is 0.357. The second kappa shape index (κ2) is 3.80. The molecule has 0 amide bonds. The number of aryl methyl sites for hydroxylation is 2. The van der Waals surface area contributed by atoms with E-state index in [-0.39, 0.29) is 0 Å². The minimum atomic E-state index is -1.76. The molecule has 1 aliphatic rings. The molecule has 2 aromatic rings. The molecule has 0 aliphatic carbocycles. The van der Waals surface area contributed by atoms with E-state index in [4.69, 9.17) is 4.43 Å². The molecule has 0 N–H and O–H groups in total. The van der Waals surface area contributed by atoms with Crippen molar-refractivity contribution in [2.45, 2.75) is 33.5 Å². The molecule has 0 spiro atoms. The van der Waals surface area contributed by atoms with Gasteiger partial charge in [-0.2, -0.15) is 0 Å². The highest BCUT2D eigenvalue weighted by Gasteiger charge is 2.37. The summed E-state index contributed by atoms with van der Waals surface area (Å²) in [6.07, 6.45) is 3.97. The van der Waals surface area contributed by atoms with Gasteiger partial charge in [0, 0.05) is 11.9 Å². The van der Waals surface area contributed by atoms with Crippen LogP contribution in [-0.2, 0) is 11.0 Å². The summed E-state index contributed by atoms with van der Waals surface area (Å²) < 4.78 is 8.19. The minimum absolute atomic E-state index is 0.766. The van der Waals surface area contributed by atoms with E-state index in [1.807, 2.05) is 13.3 Å². The number of benzene rings is 1. The Morgan fingerprint density at radius 3 is 2.72 bits per heavy atom. The minimum Gasteiger partial charge on any atom is -0.409 e. The van der Waals surface area contributed by atoms with E-state index >= 15 is 0 Å². The molecule has 0 bridgehead atoms. The van der Waals surface area contributed by atoms with Crippen LogP contribution in [0, 0.1) is 13.8 Å². The Bertz CT molecular complexity index is 616. The summed E-state index contributed by atoms with van der Waals surface area (Å²) in [6, 6.07) is 4.38. The van der Waals surface area contributed by atoms with Crippen molar-refractivity contribution in [1.82, 2.24) is 9.55 Å². The average molecular weight is 258 g/mol. The van der Waals surface area contributed by atoms with Gasteiger partial charge in [-0.1, -0.05) is 6.07 Å². The van der Waals surface area contributed by atoms with Crippen LogP contribution in [0.1, 0.15) is 16.8 Å². The van der Waals surface area contributed by atoms with Gasteiger partial charge in [0.15, 0.2) is 0 Å². The zero-order valence-electron chi connectivity index (χ0n) is 11.3. The van der Waals surface area contributed by atoms with Crippen LogP contribution in [0.15, 0.2) is 24.7 Å². The summed E-state index contributed by atoms with van der Waals surface area (Å²) in [6.45, 7) is 9.49.